The second-order valence-corrected chi connectivity index (χ2v) is 10.5. The van der Waals surface area contributed by atoms with Crippen LogP contribution >= 0.6 is 11.3 Å². The van der Waals surface area contributed by atoms with E-state index in [0.29, 0.717) is 6.54 Å². The fourth-order valence-electron chi connectivity index (χ4n) is 5.43. The van der Waals surface area contributed by atoms with Crippen LogP contribution in [0.5, 0.6) is 0 Å². The second-order valence-electron chi connectivity index (χ2n) is 9.52. The first-order valence-electron chi connectivity index (χ1n) is 12.0. The van der Waals surface area contributed by atoms with E-state index in [9.17, 15) is 9.59 Å². The van der Waals surface area contributed by atoms with Gasteiger partial charge in [0.15, 0.2) is 0 Å². The van der Waals surface area contributed by atoms with Gasteiger partial charge in [0.1, 0.15) is 6.04 Å². The summed E-state index contributed by atoms with van der Waals surface area (Å²) >= 11 is 1.78. The number of carbonyl (C=O) groups excluding carboxylic acids is 2. The molecule has 1 aromatic rings. The van der Waals surface area contributed by atoms with Crippen LogP contribution in [0.2, 0.25) is 0 Å². The van der Waals surface area contributed by atoms with Gasteiger partial charge in [-0.05, 0) is 69.0 Å². The van der Waals surface area contributed by atoms with E-state index in [1.165, 1.54) is 24.1 Å². The molecule has 2 atom stereocenters. The molecule has 1 aliphatic carbocycles. The first-order chi connectivity index (χ1) is 14.6. The Morgan fingerprint density at radius 2 is 1.83 bits per heavy atom. The van der Waals surface area contributed by atoms with E-state index in [2.05, 4.69) is 34.7 Å². The fraction of sp³-hybridized carbons (Fsp3) is 0.750. The van der Waals surface area contributed by atoms with Crippen molar-refractivity contribution in [2.45, 2.75) is 76.8 Å². The highest BCUT2D eigenvalue weighted by Gasteiger charge is 2.37. The van der Waals surface area contributed by atoms with Crippen molar-refractivity contribution in [2.75, 3.05) is 26.2 Å². The van der Waals surface area contributed by atoms with Gasteiger partial charge in [-0.1, -0.05) is 32.3 Å². The lowest BCUT2D eigenvalue weighted by atomic mass is 9.88. The van der Waals surface area contributed by atoms with Gasteiger partial charge in [0.2, 0.25) is 11.8 Å². The average molecular weight is 432 g/mol. The summed E-state index contributed by atoms with van der Waals surface area (Å²) in [4.78, 5) is 31.9. The highest BCUT2D eigenvalue weighted by atomic mass is 32.1. The third-order valence-corrected chi connectivity index (χ3v) is 8.37. The van der Waals surface area contributed by atoms with Crippen molar-refractivity contribution in [1.29, 1.82) is 0 Å². The summed E-state index contributed by atoms with van der Waals surface area (Å²) in [5, 5.41) is 5.36. The van der Waals surface area contributed by atoms with Gasteiger partial charge in [0, 0.05) is 23.9 Å². The molecule has 3 heterocycles. The van der Waals surface area contributed by atoms with Gasteiger partial charge < -0.3 is 10.2 Å². The van der Waals surface area contributed by atoms with Crippen molar-refractivity contribution in [3.63, 3.8) is 0 Å². The monoisotopic (exact) mass is 431 g/mol. The molecule has 4 rings (SSSR count). The maximum absolute atomic E-state index is 13.1. The Labute approximate surface area is 185 Å². The smallest absolute Gasteiger partial charge is 0.242 e. The number of hydrogen-bond donors (Lipinski definition) is 1. The van der Waals surface area contributed by atoms with Gasteiger partial charge in [0.25, 0.3) is 0 Å². The van der Waals surface area contributed by atoms with Crippen molar-refractivity contribution < 1.29 is 9.59 Å². The molecule has 0 spiro atoms. The minimum absolute atomic E-state index is 0.0450. The van der Waals surface area contributed by atoms with Crippen LogP contribution in [-0.4, -0.2) is 53.8 Å². The molecule has 30 heavy (non-hydrogen) atoms. The van der Waals surface area contributed by atoms with E-state index in [-0.39, 0.29) is 29.8 Å². The first kappa shape index (κ1) is 21.8. The van der Waals surface area contributed by atoms with E-state index >= 15 is 0 Å². The van der Waals surface area contributed by atoms with Gasteiger partial charge in [-0.25, -0.2) is 0 Å². The zero-order valence-electron chi connectivity index (χ0n) is 18.4. The summed E-state index contributed by atoms with van der Waals surface area (Å²) in [6.07, 6.45) is 9.73. The lowest BCUT2D eigenvalue weighted by Crippen LogP contribution is -2.50. The number of amides is 2. The summed E-state index contributed by atoms with van der Waals surface area (Å²) < 4.78 is 0. The number of nitrogens with one attached hydrogen (secondary N) is 1. The molecule has 1 N–H and O–H groups in total. The molecule has 0 aromatic carbocycles. The summed E-state index contributed by atoms with van der Waals surface area (Å²) in [7, 11) is 0. The molecule has 2 amide bonds. The second kappa shape index (κ2) is 10.3. The molecule has 0 radical (unpaired) electrons. The molecule has 1 saturated carbocycles. The summed E-state index contributed by atoms with van der Waals surface area (Å²) in [5.41, 5.74) is 0. The standard InChI is InChI=1S/C24H37N3O2S/c1-18-11-14-26(15-12-18)21(22-10-6-16-30-22)17-25-23(28)20-9-5-13-27(20)24(29)19-7-3-2-4-8-19/h6,10,16,18-21H,2-5,7-9,11-15,17H2,1H3,(H,25,28)/t20-,21+/m0/s1. The largest absolute Gasteiger partial charge is 0.352 e. The van der Waals surface area contributed by atoms with Crippen molar-refractivity contribution in [3.05, 3.63) is 22.4 Å². The molecule has 3 aliphatic rings. The number of likely N-dealkylation sites (tertiary alicyclic amines) is 2. The molecule has 3 fully saturated rings. The van der Waals surface area contributed by atoms with Crippen LogP contribution in [0.3, 0.4) is 0 Å². The van der Waals surface area contributed by atoms with Crippen LogP contribution in [0.15, 0.2) is 17.5 Å². The number of piperidine rings is 1. The molecule has 166 valence electrons. The van der Waals surface area contributed by atoms with E-state index in [4.69, 9.17) is 0 Å². The van der Waals surface area contributed by atoms with Crippen molar-refractivity contribution >= 4 is 23.2 Å². The van der Waals surface area contributed by atoms with Crippen LogP contribution in [-0.2, 0) is 9.59 Å². The molecule has 0 bridgehead atoms. The van der Waals surface area contributed by atoms with E-state index in [1.807, 2.05) is 4.90 Å². The third kappa shape index (κ3) is 5.08. The van der Waals surface area contributed by atoms with Crippen LogP contribution in [0.4, 0.5) is 0 Å². The number of carbonyl (C=O) groups is 2. The normalized spacial score (nSPS) is 25.4. The van der Waals surface area contributed by atoms with Crippen LogP contribution in [0.1, 0.15) is 75.6 Å². The Morgan fingerprint density at radius 1 is 1.07 bits per heavy atom. The molecule has 0 unspecified atom stereocenters. The summed E-state index contributed by atoms with van der Waals surface area (Å²) in [6, 6.07) is 4.26. The lowest BCUT2D eigenvalue weighted by Gasteiger charge is -2.37. The summed E-state index contributed by atoms with van der Waals surface area (Å²) in [5.74, 6) is 1.20. The zero-order chi connectivity index (χ0) is 20.9. The van der Waals surface area contributed by atoms with E-state index in [1.54, 1.807) is 11.3 Å². The number of nitrogens with zero attached hydrogens (tertiary/aromatic N) is 2. The molecule has 1 aromatic heterocycles. The lowest BCUT2D eigenvalue weighted by molar-refractivity contribution is -0.142. The summed E-state index contributed by atoms with van der Waals surface area (Å²) in [6.45, 7) is 5.89. The number of rotatable bonds is 6. The Bertz CT molecular complexity index is 693. The van der Waals surface area contributed by atoms with Crippen molar-refractivity contribution in [2.24, 2.45) is 11.8 Å². The molecule has 2 saturated heterocycles. The SMILES string of the molecule is CC1CCN([C@H](CNC(=O)[C@@H]2CCCN2C(=O)C2CCCCC2)c2cccs2)CC1. The minimum Gasteiger partial charge on any atom is -0.352 e. The highest BCUT2D eigenvalue weighted by Crippen LogP contribution is 2.31. The van der Waals surface area contributed by atoms with Gasteiger partial charge in [-0.3, -0.25) is 14.5 Å². The Hall–Kier alpha value is -1.40. The minimum atomic E-state index is -0.273. The zero-order valence-corrected chi connectivity index (χ0v) is 19.2. The molecular formula is C24H37N3O2S. The molecule has 2 aliphatic heterocycles. The number of thiophene rings is 1. The van der Waals surface area contributed by atoms with Crippen LogP contribution in [0.25, 0.3) is 0 Å². The maximum atomic E-state index is 13.1. The number of hydrogen-bond acceptors (Lipinski definition) is 4. The maximum Gasteiger partial charge on any atom is 0.242 e. The van der Waals surface area contributed by atoms with E-state index in [0.717, 1.165) is 64.1 Å². The van der Waals surface area contributed by atoms with Gasteiger partial charge in [0.05, 0.1) is 6.04 Å². The van der Waals surface area contributed by atoms with Crippen molar-refractivity contribution in [3.8, 4) is 0 Å². The van der Waals surface area contributed by atoms with Gasteiger partial charge >= 0.3 is 0 Å². The Balaban J connectivity index is 1.37. The van der Waals surface area contributed by atoms with E-state index < -0.39 is 0 Å². The van der Waals surface area contributed by atoms with Gasteiger partial charge in [-0.15, -0.1) is 11.3 Å². The third-order valence-electron chi connectivity index (χ3n) is 7.39. The van der Waals surface area contributed by atoms with Crippen molar-refractivity contribution in [1.82, 2.24) is 15.1 Å². The molecule has 5 nitrogen and oxygen atoms in total. The van der Waals surface area contributed by atoms with Gasteiger partial charge in [-0.2, -0.15) is 0 Å². The molecule has 6 heteroatoms. The van der Waals surface area contributed by atoms with Crippen LogP contribution in [0, 0.1) is 11.8 Å². The average Bonchev–Trinajstić information content (AvgIpc) is 3.47. The first-order valence-corrected chi connectivity index (χ1v) is 12.9. The Morgan fingerprint density at radius 3 is 2.53 bits per heavy atom. The van der Waals surface area contributed by atoms with Crippen LogP contribution < -0.4 is 5.32 Å². The predicted octanol–water partition coefficient (Wildman–Crippen LogP) is 4.21. The topological polar surface area (TPSA) is 52.7 Å². The highest BCUT2D eigenvalue weighted by molar-refractivity contribution is 7.10. The molecular weight excluding hydrogens is 394 g/mol. The Kier molecular flexibility index (Phi) is 7.47. The quantitative estimate of drug-likeness (QED) is 0.734. The predicted molar refractivity (Wildman–Crippen MR) is 121 cm³/mol. The fourth-order valence-corrected chi connectivity index (χ4v) is 6.29.